The first-order valence-corrected chi connectivity index (χ1v) is 0.204. The average molecular weight is 243 g/mol. The van der Waals surface area contributed by atoms with Gasteiger partial charge in [0, 0.05) is 31.0 Å². The molecule has 0 N–H and O–H groups in total. The number of carbonyl (C=O) groups excluding carboxylic acids is 1. The molecule has 0 amide bonds. The summed E-state index contributed by atoms with van der Waals surface area (Å²) in [5, 5.41) is 0. The van der Waals surface area contributed by atoms with Gasteiger partial charge in [-0.3, -0.25) is 4.79 Å². The molecule has 0 saturated heterocycles. The minimum atomic E-state index is 0. The molecule has 0 aromatic heterocycles. The van der Waals surface area contributed by atoms with Gasteiger partial charge < -0.3 is 0 Å². The minimum absolute atomic E-state index is 0. The molecule has 0 unspecified atom stereocenters. The Balaban J connectivity index is -0.00000000500. The molecule has 0 aliphatic heterocycles. The summed E-state index contributed by atoms with van der Waals surface area (Å²) >= 11 is 0. The van der Waals surface area contributed by atoms with E-state index in [2.05, 4.69) is 6.79 Å². The second-order valence-electron chi connectivity index (χ2n) is 0. The van der Waals surface area contributed by atoms with Gasteiger partial charge in [-0.2, -0.15) is 0 Å². The maximum absolute atomic E-state index is 7.50. The Bertz CT molecular complexity index is 8.00. The van der Waals surface area contributed by atoms with E-state index in [-0.39, 0.29) is 31.0 Å². The van der Waals surface area contributed by atoms with Crippen molar-refractivity contribution in [3.63, 3.8) is 0 Å². The van der Waals surface area contributed by atoms with Crippen molar-refractivity contribution in [1.29, 1.82) is 0 Å². The smallest absolute Gasteiger partial charge is 0.281 e. The average Bonchev–Trinajstić information content (AvgIpc) is 1.00. The maximum atomic E-state index is 7.50. The predicted molar refractivity (Wildman–Crippen MR) is 12.6 cm³/mol. The van der Waals surface area contributed by atoms with Crippen LogP contribution in [0.4, 0.5) is 0 Å². The zero-order valence-corrected chi connectivity index (χ0v) is 5.59. The van der Waals surface area contributed by atoms with Crippen LogP contribution in [-0.2, 0) is 25.9 Å². The van der Waals surface area contributed by atoms with Crippen LogP contribution < -0.4 is 0 Å². The van der Waals surface area contributed by atoms with Crippen molar-refractivity contribution < 1.29 is 25.9 Å². The number of hydrogen-bond donors (Lipinski definition) is 0. The van der Waals surface area contributed by atoms with Crippen LogP contribution >= 0.6 is 9.90 Å². The van der Waals surface area contributed by atoms with Crippen molar-refractivity contribution >= 4 is 16.7 Å². The van der Waals surface area contributed by atoms with Gasteiger partial charge in [-0.15, -0.1) is 0 Å². The Morgan fingerprint density at radius 1 is 1.25 bits per heavy atom. The van der Waals surface area contributed by atoms with Crippen LogP contribution in [0.25, 0.3) is 0 Å². The molecule has 0 bridgehead atoms. The van der Waals surface area contributed by atoms with Gasteiger partial charge in [0.15, 0.2) is 0 Å². The third-order valence-electron chi connectivity index (χ3n) is 0. The molecular weight excluding hydrogens is 243 g/mol. The molecule has 3 heteroatoms. The summed E-state index contributed by atoms with van der Waals surface area (Å²) in [5.41, 5.74) is 0. The van der Waals surface area contributed by atoms with Crippen molar-refractivity contribution in [3.05, 3.63) is 0 Å². The SMILES string of the molecule is [C]=O.[P].[W]. The molecule has 0 saturated carbocycles. The van der Waals surface area contributed by atoms with Crippen molar-refractivity contribution in [2.75, 3.05) is 0 Å². The van der Waals surface area contributed by atoms with E-state index < -0.39 is 0 Å². The van der Waals surface area contributed by atoms with Gasteiger partial charge in [-0.25, -0.2) is 0 Å². The minimum Gasteiger partial charge on any atom is -0.281 e. The van der Waals surface area contributed by atoms with Gasteiger partial charge >= 0.3 is 0 Å². The zero-order valence-electron chi connectivity index (χ0n) is 1.76. The fourth-order valence-corrected chi connectivity index (χ4v) is 0. The van der Waals surface area contributed by atoms with E-state index in [1.54, 1.807) is 0 Å². The van der Waals surface area contributed by atoms with Gasteiger partial charge in [0.2, 0.25) is 0 Å². The monoisotopic (exact) mass is 243 g/mol. The molecular formula is COPW. The topological polar surface area (TPSA) is 17.1 Å². The normalized spacial score (nSPS) is 1.00. The van der Waals surface area contributed by atoms with Crippen LogP contribution in [0.5, 0.6) is 0 Å². The predicted octanol–water partition coefficient (Wildman–Crippen LogP) is 0.462. The van der Waals surface area contributed by atoms with Crippen molar-refractivity contribution in [2.24, 2.45) is 0 Å². The summed E-state index contributed by atoms with van der Waals surface area (Å²) in [5.74, 6) is 0. The first-order valence-electron chi connectivity index (χ1n) is 0.204. The Labute approximate surface area is 43.0 Å². The Hall–Kier alpha value is 0.788. The Morgan fingerprint density at radius 2 is 1.25 bits per heavy atom. The Morgan fingerprint density at radius 3 is 1.25 bits per heavy atom. The standard InChI is InChI=1S/CO.P.W/c1-2;;. The molecule has 21 valence electrons. The van der Waals surface area contributed by atoms with Crippen molar-refractivity contribution in [1.82, 2.24) is 0 Å². The van der Waals surface area contributed by atoms with Crippen molar-refractivity contribution in [3.8, 4) is 0 Å². The molecule has 0 fully saturated rings. The fourth-order valence-electron chi connectivity index (χ4n) is 0. The van der Waals surface area contributed by atoms with E-state index in [4.69, 9.17) is 4.79 Å². The van der Waals surface area contributed by atoms with E-state index in [0.29, 0.717) is 0 Å². The van der Waals surface area contributed by atoms with Crippen LogP contribution in [-0.4, -0.2) is 6.79 Å². The van der Waals surface area contributed by atoms with Gasteiger partial charge in [-0.1, -0.05) is 0 Å². The molecule has 0 aromatic carbocycles. The first-order chi connectivity index (χ1) is 1.00. The summed E-state index contributed by atoms with van der Waals surface area (Å²) in [6.45, 7) is 4.50. The molecule has 0 spiro atoms. The maximum Gasteiger partial charge on any atom is 0.281 e. The molecule has 0 aliphatic carbocycles. The zero-order chi connectivity index (χ0) is 2.00. The van der Waals surface area contributed by atoms with Gasteiger partial charge in [-0.05, 0) is 0 Å². The van der Waals surface area contributed by atoms with Crippen LogP contribution in [0.15, 0.2) is 0 Å². The van der Waals surface area contributed by atoms with Crippen LogP contribution in [0.2, 0.25) is 0 Å². The molecule has 1 nitrogen and oxygen atoms in total. The third-order valence-corrected chi connectivity index (χ3v) is 0. The van der Waals surface area contributed by atoms with Gasteiger partial charge in [0.1, 0.15) is 0 Å². The molecule has 0 aliphatic rings. The number of hydrogen-bond acceptors (Lipinski definition) is 1. The summed E-state index contributed by atoms with van der Waals surface area (Å²) in [4.78, 5) is 7.50. The van der Waals surface area contributed by atoms with Crippen molar-refractivity contribution in [2.45, 2.75) is 0 Å². The molecule has 0 aromatic rings. The Kier molecular flexibility index (Phi) is 255. The summed E-state index contributed by atoms with van der Waals surface area (Å²) in [7, 11) is 0. The first kappa shape index (κ1) is 21.5. The van der Waals surface area contributed by atoms with E-state index in [1.807, 2.05) is 0 Å². The van der Waals surface area contributed by atoms with Gasteiger partial charge in [0.25, 0.3) is 6.79 Å². The molecule has 0 atom stereocenters. The largest absolute Gasteiger partial charge is 0.281 e. The van der Waals surface area contributed by atoms with Gasteiger partial charge in [0.05, 0.1) is 0 Å². The molecule has 4 heavy (non-hydrogen) atoms. The molecule has 0 heterocycles. The molecule has 5 radical (unpaired) electrons. The quantitative estimate of drug-likeness (QED) is 0.565. The van der Waals surface area contributed by atoms with Crippen LogP contribution in [0.1, 0.15) is 0 Å². The van der Waals surface area contributed by atoms with E-state index in [9.17, 15) is 0 Å². The fraction of sp³-hybridized carbons (Fsp3) is 0. The number of rotatable bonds is 0. The van der Waals surface area contributed by atoms with E-state index in [1.165, 1.54) is 0 Å². The van der Waals surface area contributed by atoms with E-state index >= 15 is 0 Å². The van der Waals surface area contributed by atoms with Crippen LogP contribution in [0, 0.1) is 0 Å². The van der Waals surface area contributed by atoms with E-state index in [0.717, 1.165) is 0 Å². The summed E-state index contributed by atoms with van der Waals surface area (Å²) in [6.07, 6.45) is 0. The second-order valence-corrected chi connectivity index (χ2v) is 0. The summed E-state index contributed by atoms with van der Waals surface area (Å²) in [6, 6.07) is 0. The van der Waals surface area contributed by atoms with Crippen LogP contribution in [0.3, 0.4) is 0 Å². The summed E-state index contributed by atoms with van der Waals surface area (Å²) < 4.78 is 0. The second kappa shape index (κ2) is 47.4. The third kappa shape index (κ3) is 14.3. The molecule has 0 rings (SSSR count).